The fraction of sp³-hybridized carbons (Fsp3) is 0.333. The second-order valence-electron chi connectivity index (χ2n) is 6.75. The molecule has 2 aromatic rings. The predicted octanol–water partition coefficient (Wildman–Crippen LogP) is 3.63. The van der Waals surface area contributed by atoms with Crippen LogP contribution in [0.25, 0.3) is 0 Å². The number of amides is 3. The number of nitrogens with zero attached hydrogens (tertiary/aromatic N) is 1. The lowest BCUT2D eigenvalue weighted by Crippen LogP contribution is -2.39. The van der Waals surface area contributed by atoms with Crippen molar-refractivity contribution in [3.05, 3.63) is 53.6 Å². The molecular formula is C21H25N3O3. The SMILES string of the molecule is CCOc1ccc(N2CC(NC(=O)Nc3cc(C)ccc3C)CC2=O)cc1. The summed E-state index contributed by atoms with van der Waals surface area (Å²) in [6, 6.07) is 12.8. The van der Waals surface area contributed by atoms with Gasteiger partial charge in [-0.3, -0.25) is 4.79 Å². The second kappa shape index (κ2) is 8.12. The maximum absolute atomic E-state index is 12.4. The van der Waals surface area contributed by atoms with Crippen LogP contribution in [0.3, 0.4) is 0 Å². The molecule has 1 aliphatic rings. The van der Waals surface area contributed by atoms with Gasteiger partial charge in [-0.2, -0.15) is 0 Å². The van der Waals surface area contributed by atoms with E-state index in [-0.39, 0.29) is 24.4 Å². The van der Waals surface area contributed by atoms with E-state index in [1.54, 1.807) is 4.90 Å². The van der Waals surface area contributed by atoms with Crippen LogP contribution in [-0.2, 0) is 4.79 Å². The molecule has 0 aromatic heterocycles. The summed E-state index contributed by atoms with van der Waals surface area (Å²) in [4.78, 5) is 26.4. The lowest BCUT2D eigenvalue weighted by molar-refractivity contribution is -0.117. The first-order valence-corrected chi connectivity index (χ1v) is 9.14. The Hall–Kier alpha value is -3.02. The Bertz CT molecular complexity index is 833. The van der Waals surface area contributed by atoms with Crippen molar-refractivity contribution in [2.45, 2.75) is 33.2 Å². The molecule has 0 radical (unpaired) electrons. The molecule has 6 nitrogen and oxygen atoms in total. The normalized spacial score (nSPS) is 16.3. The molecule has 1 fully saturated rings. The standard InChI is InChI=1S/C21H25N3O3/c1-4-27-18-9-7-17(8-10-18)24-13-16(12-20(24)25)22-21(26)23-19-11-14(2)5-6-15(19)3/h5-11,16H,4,12-13H2,1-3H3,(H2,22,23,26). The van der Waals surface area contributed by atoms with Gasteiger partial charge in [0, 0.05) is 24.3 Å². The van der Waals surface area contributed by atoms with Crippen molar-refractivity contribution in [3.8, 4) is 5.75 Å². The molecule has 1 atom stereocenters. The third-order valence-electron chi connectivity index (χ3n) is 4.56. The summed E-state index contributed by atoms with van der Waals surface area (Å²) in [6.45, 7) is 6.91. The van der Waals surface area contributed by atoms with Crippen molar-refractivity contribution in [2.24, 2.45) is 0 Å². The Morgan fingerprint density at radius 1 is 1.19 bits per heavy atom. The zero-order valence-corrected chi connectivity index (χ0v) is 15.9. The summed E-state index contributed by atoms with van der Waals surface area (Å²) < 4.78 is 5.43. The minimum Gasteiger partial charge on any atom is -0.494 e. The number of ether oxygens (including phenoxy) is 1. The van der Waals surface area contributed by atoms with Crippen LogP contribution < -0.4 is 20.3 Å². The number of aryl methyl sites for hydroxylation is 2. The third kappa shape index (κ3) is 4.58. The van der Waals surface area contributed by atoms with Crippen LogP contribution in [0.15, 0.2) is 42.5 Å². The average molecular weight is 367 g/mol. The molecule has 142 valence electrons. The summed E-state index contributed by atoms with van der Waals surface area (Å²) in [5.74, 6) is 0.770. The topological polar surface area (TPSA) is 70.7 Å². The van der Waals surface area contributed by atoms with Gasteiger partial charge >= 0.3 is 6.03 Å². The van der Waals surface area contributed by atoms with Gasteiger partial charge in [-0.25, -0.2) is 4.79 Å². The lowest BCUT2D eigenvalue weighted by atomic mass is 10.1. The monoisotopic (exact) mass is 367 g/mol. The van der Waals surface area contributed by atoms with Crippen LogP contribution in [-0.4, -0.2) is 31.1 Å². The van der Waals surface area contributed by atoms with Gasteiger partial charge in [0.05, 0.1) is 12.6 Å². The summed E-state index contributed by atoms with van der Waals surface area (Å²) in [5, 5.41) is 5.77. The number of rotatable bonds is 5. The summed E-state index contributed by atoms with van der Waals surface area (Å²) >= 11 is 0. The second-order valence-corrected chi connectivity index (χ2v) is 6.75. The number of hydrogen-bond acceptors (Lipinski definition) is 3. The van der Waals surface area contributed by atoms with Crippen LogP contribution in [0.5, 0.6) is 5.75 Å². The maximum atomic E-state index is 12.4. The Labute approximate surface area is 159 Å². The van der Waals surface area contributed by atoms with E-state index in [0.717, 1.165) is 28.3 Å². The molecule has 2 N–H and O–H groups in total. The number of hydrogen-bond donors (Lipinski definition) is 2. The highest BCUT2D eigenvalue weighted by molar-refractivity contribution is 5.97. The highest BCUT2D eigenvalue weighted by Gasteiger charge is 2.31. The van der Waals surface area contributed by atoms with E-state index in [9.17, 15) is 9.59 Å². The Kier molecular flexibility index (Phi) is 5.64. The van der Waals surface area contributed by atoms with Crippen LogP contribution in [0.2, 0.25) is 0 Å². The zero-order valence-electron chi connectivity index (χ0n) is 15.9. The predicted molar refractivity (Wildman–Crippen MR) is 106 cm³/mol. The van der Waals surface area contributed by atoms with Crippen LogP contribution in [0.1, 0.15) is 24.5 Å². The molecule has 0 bridgehead atoms. The number of anilines is 2. The molecule has 3 amide bonds. The molecule has 0 aliphatic carbocycles. The maximum Gasteiger partial charge on any atom is 0.319 e. The van der Waals surface area contributed by atoms with Gasteiger partial charge in [-0.05, 0) is 62.2 Å². The summed E-state index contributed by atoms with van der Waals surface area (Å²) in [6.07, 6.45) is 0.285. The van der Waals surface area contributed by atoms with E-state index < -0.39 is 0 Å². The van der Waals surface area contributed by atoms with Crippen LogP contribution in [0.4, 0.5) is 16.2 Å². The Morgan fingerprint density at radius 2 is 1.93 bits per heavy atom. The minimum atomic E-state index is -0.296. The van der Waals surface area contributed by atoms with Crippen molar-refractivity contribution in [2.75, 3.05) is 23.4 Å². The van der Waals surface area contributed by atoms with Crippen molar-refractivity contribution in [3.63, 3.8) is 0 Å². The van der Waals surface area contributed by atoms with E-state index in [1.165, 1.54) is 0 Å². The molecule has 3 rings (SSSR count). The molecule has 1 heterocycles. The highest BCUT2D eigenvalue weighted by Crippen LogP contribution is 2.24. The first-order chi connectivity index (χ1) is 13.0. The fourth-order valence-corrected chi connectivity index (χ4v) is 3.16. The van der Waals surface area contributed by atoms with Crippen LogP contribution in [0, 0.1) is 13.8 Å². The molecule has 6 heteroatoms. The number of urea groups is 1. The number of carbonyl (C=O) groups excluding carboxylic acids is 2. The third-order valence-corrected chi connectivity index (χ3v) is 4.56. The zero-order chi connectivity index (χ0) is 19.4. The van der Waals surface area contributed by atoms with Crippen molar-refractivity contribution in [1.82, 2.24) is 5.32 Å². The molecule has 1 unspecified atom stereocenters. The quantitative estimate of drug-likeness (QED) is 0.848. The van der Waals surface area contributed by atoms with Gasteiger partial charge < -0.3 is 20.3 Å². The molecule has 1 aliphatic heterocycles. The number of nitrogens with one attached hydrogen (secondary N) is 2. The van der Waals surface area contributed by atoms with Crippen LogP contribution >= 0.6 is 0 Å². The average Bonchev–Trinajstić information content (AvgIpc) is 2.99. The highest BCUT2D eigenvalue weighted by atomic mass is 16.5. The van der Waals surface area contributed by atoms with Crippen molar-refractivity contribution < 1.29 is 14.3 Å². The van der Waals surface area contributed by atoms with E-state index in [1.807, 2.05) is 63.2 Å². The van der Waals surface area contributed by atoms with Crippen molar-refractivity contribution in [1.29, 1.82) is 0 Å². The number of carbonyl (C=O) groups is 2. The van der Waals surface area contributed by atoms with E-state index in [4.69, 9.17) is 4.74 Å². The van der Waals surface area contributed by atoms with E-state index in [0.29, 0.717) is 13.2 Å². The van der Waals surface area contributed by atoms with Gasteiger partial charge in [0.25, 0.3) is 0 Å². The first kappa shape index (κ1) is 18.8. The molecule has 0 spiro atoms. The molecular weight excluding hydrogens is 342 g/mol. The van der Waals surface area contributed by atoms with E-state index >= 15 is 0 Å². The van der Waals surface area contributed by atoms with Gasteiger partial charge in [-0.1, -0.05) is 12.1 Å². The Balaban J connectivity index is 1.60. The molecule has 0 saturated carbocycles. The van der Waals surface area contributed by atoms with E-state index in [2.05, 4.69) is 10.6 Å². The van der Waals surface area contributed by atoms with Gasteiger partial charge in [-0.15, -0.1) is 0 Å². The molecule has 27 heavy (non-hydrogen) atoms. The lowest BCUT2D eigenvalue weighted by Gasteiger charge is -2.18. The summed E-state index contributed by atoms with van der Waals surface area (Å²) in [7, 11) is 0. The molecule has 1 saturated heterocycles. The largest absolute Gasteiger partial charge is 0.494 e. The summed E-state index contributed by atoms with van der Waals surface area (Å²) in [5.41, 5.74) is 3.66. The van der Waals surface area contributed by atoms with Gasteiger partial charge in [0.1, 0.15) is 5.75 Å². The smallest absolute Gasteiger partial charge is 0.319 e. The van der Waals surface area contributed by atoms with Gasteiger partial charge in [0.2, 0.25) is 5.91 Å². The minimum absolute atomic E-state index is 0.00352. The van der Waals surface area contributed by atoms with Gasteiger partial charge in [0.15, 0.2) is 0 Å². The van der Waals surface area contributed by atoms with Crippen molar-refractivity contribution >= 4 is 23.3 Å². The fourth-order valence-electron chi connectivity index (χ4n) is 3.16. The molecule has 2 aromatic carbocycles. The Morgan fingerprint density at radius 3 is 2.63 bits per heavy atom. The number of benzene rings is 2. The first-order valence-electron chi connectivity index (χ1n) is 9.14.